The second kappa shape index (κ2) is 6.44. The molecule has 0 aliphatic carbocycles. The molecule has 0 aromatic heterocycles. The Morgan fingerprint density at radius 1 is 1.14 bits per heavy atom. The van der Waals surface area contributed by atoms with E-state index in [1.165, 1.54) is 14.2 Å². The number of rotatable bonds is 4. The molecule has 0 amide bonds. The molecule has 2 aromatic carbocycles. The lowest BCUT2D eigenvalue weighted by atomic mass is 10.1. The van der Waals surface area contributed by atoms with Gasteiger partial charge in [-0.2, -0.15) is 5.26 Å². The third-order valence-corrected chi connectivity index (χ3v) is 2.96. The Kier molecular flexibility index (Phi) is 4.42. The molecule has 0 radical (unpaired) electrons. The molecule has 0 aliphatic rings. The highest BCUT2D eigenvalue weighted by atomic mass is 16.5. The summed E-state index contributed by atoms with van der Waals surface area (Å²) in [4.78, 5) is 11.8. The normalized spacial score (nSPS) is 9.57. The number of hydrogen-bond donors (Lipinski definition) is 1. The number of anilines is 2. The maximum atomic E-state index is 11.8. The molecule has 0 spiro atoms. The van der Waals surface area contributed by atoms with E-state index in [0.717, 1.165) is 0 Å². The minimum atomic E-state index is -0.452. The molecule has 106 valence electrons. The van der Waals surface area contributed by atoms with Crippen molar-refractivity contribution in [3.63, 3.8) is 0 Å². The second-order valence-electron chi connectivity index (χ2n) is 4.16. The molecule has 0 aliphatic heterocycles. The van der Waals surface area contributed by atoms with Gasteiger partial charge >= 0.3 is 5.97 Å². The van der Waals surface area contributed by atoms with E-state index in [9.17, 15) is 10.1 Å². The van der Waals surface area contributed by atoms with E-state index in [1.807, 2.05) is 0 Å². The van der Waals surface area contributed by atoms with E-state index in [4.69, 9.17) is 9.47 Å². The molecule has 0 atom stereocenters. The van der Waals surface area contributed by atoms with Crippen molar-refractivity contribution < 1.29 is 14.3 Å². The summed E-state index contributed by atoms with van der Waals surface area (Å²) in [6.07, 6.45) is 0. The zero-order valence-electron chi connectivity index (χ0n) is 11.7. The standard InChI is InChI=1S/C16H14N2O3/c1-20-14-9-5-6-11(10-17)15(14)18-13-8-4-3-7-12(13)16(19)21-2/h3-9,18H,1-2H3. The zero-order valence-corrected chi connectivity index (χ0v) is 11.7. The molecule has 0 heterocycles. The Morgan fingerprint density at radius 3 is 2.57 bits per heavy atom. The number of benzene rings is 2. The molecule has 5 heteroatoms. The minimum Gasteiger partial charge on any atom is -0.495 e. The summed E-state index contributed by atoms with van der Waals surface area (Å²) < 4.78 is 10.0. The van der Waals surface area contributed by atoms with Gasteiger partial charge in [-0.05, 0) is 24.3 Å². The van der Waals surface area contributed by atoms with Crippen molar-refractivity contribution in [2.24, 2.45) is 0 Å². The fourth-order valence-electron chi connectivity index (χ4n) is 1.94. The highest BCUT2D eigenvalue weighted by Gasteiger charge is 2.14. The van der Waals surface area contributed by atoms with Gasteiger partial charge in [0.15, 0.2) is 0 Å². The molecule has 2 rings (SSSR count). The summed E-state index contributed by atoms with van der Waals surface area (Å²) in [7, 11) is 2.84. The van der Waals surface area contributed by atoms with Crippen molar-refractivity contribution in [1.29, 1.82) is 5.26 Å². The molecular formula is C16H14N2O3. The predicted molar refractivity (Wildman–Crippen MR) is 78.8 cm³/mol. The van der Waals surface area contributed by atoms with Gasteiger partial charge in [-0.15, -0.1) is 0 Å². The van der Waals surface area contributed by atoms with Gasteiger partial charge in [0, 0.05) is 0 Å². The summed E-state index contributed by atoms with van der Waals surface area (Å²) in [5.41, 5.74) is 1.87. The van der Waals surface area contributed by atoms with Crippen molar-refractivity contribution in [1.82, 2.24) is 0 Å². The molecule has 0 fully saturated rings. The van der Waals surface area contributed by atoms with Crippen LogP contribution in [0.25, 0.3) is 0 Å². The molecular weight excluding hydrogens is 268 g/mol. The Balaban J connectivity index is 2.49. The Bertz CT molecular complexity index is 705. The van der Waals surface area contributed by atoms with Crippen molar-refractivity contribution in [3.05, 3.63) is 53.6 Å². The van der Waals surface area contributed by atoms with E-state index in [2.05, 4.69) is 11.4 Å². The molecule has 0 saturated carbocycles. The van der Waals surface area contributed by atoms with Gasteiger partial charge in [0.2, 0.25) is 0 Å². The number of nitrogens with zero attached hydrogens (tertiary/aromatic N) is 1. The third kappa shape index (κ3) is 2.95. The number of methoxy groups -OCH3 is 2. The highest BCUT2D eigenvalue weighted by molar-refractivity contribution is 5.97. The first-order valence-electron chi connectivity index (χ1n) is 6.22. The molecule has 2 aromatic rings. The first-order chi connectivity index (χ1) is 10.2. The lowest BCUT2D eigenvalue weighted by Crippen LogP contribution is -2.06. The van der Waals surface area contributed by atoms with Crippen molar-refractivity contribution in [2.45, 2.75) is 0 Å². The summed E-state index contributed by atoms with van der Waals surface area (Å²) in [5, 5.41) is 12.3. The van der Waals surface area contributed by atoms with Crippen LogP contribution in [-0.4, -0.2) is 20.2 Å². The van der Waals surface area contributed by atoms with Crippen LogP contribution in [0.1, 0.15) is 15.9 Å². The third-order valence-electron chi connectivity index (χ3n) is 2.96. The number of ether oxygens (including phenoxy) is 2. The topological polar surface area (TPSA) is 71.3 Å². The number of esters is 1. The van der Waals surface area contributed by atoms with E-state index in [1.54, 1.807) is 42.5 Å². The quantitative estimate of drug-likeness (QED) is 0.872. The summed E-state index contributed by atoms with van der Waals surface area (Å²) in [5.74, 6) is 0.0697. The van der Waals surface area contributed by atoms with Crippen molar-refractivity contribution in [2.75, 3.05) is 19.5 Å². The molecule has 0 unspecified atom stereocenters. The van der Waals surface area contributed by atoms with E-state index >= 15 is 0 Å². The zero-order chi connectivity index (χ0) is 15.2. The van der Waals surface area contributed by atoms with Gasteiger partial charge in [-0.25, -0.2) is 4.79 Å². The summed E-state index contributed by atoms with van der Waals surface area (Å²) >= 11 is 0. The minimum absolute atomic E-state index is 0.384. The summed E-state index contributed by atoms with van der Waals surface area (Å²) in [6.45, 7) is 0. The van der Waals surface area contributed by atoms with Gasteiger partial charge in [0.1, 0.15) is 11.8 Å². The lowest BCUT2D eigenvalue weighted by molar-refractivity contribution is 0.0602. The van der Waals surface area contributed by atoms with Crippen LogP contribution in [0.3, 0.4) is 0 Å². The number of carbonyl (C=O) groups excluding carboxylic acids is 1. The fourth-order valence-corrected chi connectivity index (χ4v) is 1.94. The van der Waals surface area contributed by atoms with Crippen LogP contribution >= 0.6 is 0 Å². The molecule has 0 saturated heterocycles. The van der Waals surface area contributed by atoms with E-state index in [-0.39, 0.29) is 0 Å². The van der Waals surface area contributed by atoms with Crippen LogP contribution in [0.5, 0.6) is 5.75 Å². The maximum absolute atomic E-state index is 11.8. The molecule has 1 N–H and O–H groups in total. The SMILES string of the molecule is COC(=O)c1ccccc1Nc1c(C#N)cccc1OC. The van der Waals surface area contributed by atoms with Crippen LogP contribution in [-0.2, 0) is 4.74 Å². The first-order valence-corrected chi connectivity index (χ1v) is 6.22. The average Bonchev–Trinajstić information content (AvgIpc) is 2.54. The second-order valence-corrected chi connectivity index (χ2v) is 4.16. The Labute approximate surface area is 122 Å². The van der Waals surface area contributed by atoms with Gasteiger partial charge in [0.25, 0.3) is 0 Å². The number of carbonyl (C=O) groups is 1. The van der Waals surface area contributed by atoms with Gasteiger partial charge < -0.3 is 14.8 Å². The van der Waals surface area contributed by atoms with Crippen LogP contribution in [0.2, 0.25) is 0 Å². The van der Waals surface area contributed by atoms with Gasteiger partial charge in [0.05, 0.1) is 36.7 Å². The fraction of sp³-hybridized carbons (Fsp3) is 0.125. The number of nitriles is 1. The van der Waals surface area contributed by atoms with E-state index in [0.29, 0.717) is 28.3 Å². The van der Waals surface area contributed by atoms with Crippen LogP contribution < -0.4 is 10.1 Å². The van der Waals surface area contributed by atoms with Crippen molar-refractivity contribution in [3.8, 4) is 11.8 Å². The molecule has 21 heavy (non-hydrogen) atoms. The average molecular weight is 282 g/mol. The Hall–Kier alpha value is -3.00. The summed E-state index contributed by atoms with van der Waals surface area (Å²) in [6, 6.07) is 14.2. The van der Waals surface area contributed by atoms with Crippen LogP contribution in [0.4, 0.5) is 11.4 Å². The number of hydrogen-bond acceptors (Lipinski definition) is 5. The van der Waals surface area contributed by atoms with E-state index < -0.39 is 5.97 Å². The number of nitrogens with one attached hydrogen (secondary N) is 1. The molecule has 0 bridgehead atoms. The lowest BCUT2D eigenvalue weighted by Gasteiger charge is -2.14. The Morgan fingerprint density at radius 2 is 1.90 bits per heavy atom. The van der Waals surface area contributed by atoms with Crippen LogP contribution in [0.15, 0.2) is 42.5 Å². The molecule has 5 nitrogen and oxygen atoms in total. The van der Waals surface area contributed by atoms with Crippen molar-refractivity contribution >= 4 is 17.3 Å². The largest absolute Gasteiger partial charge is 0.495 e. The maximum Gasteiger partial charge on any atom is 0.339 e. The van der Waals surface area contributed by atoms with Crippen LogP contribution in [0, 0.1) is 11.3 Å². The van der Waals surface area contributed by atoms with Gasteiger partial charge in [-0.3, -0.25) is 0 Å². The first kappa shape index (κ1) is 14.4. The number of para-hydroxylation sites is 2. The highest BCUT2D eigenvalue weighted by Crippen LogP contribution is 2.32. The van der Waals surface area contributed by atoms with Gasteiger partial charge in [-0.1, -0.05) is 18.2 Å². The monoisotopic (exact) mass is 282 g/mol. The smallest absolute Gasteiger partial charge is 0.339 e. The predicted octanol–water partition coefficient (Wildman–Crippen LogP) is 3.10.